The Labute approximate surface area is 207 Å². The maximum Gasteiger partial charge on any atom is 0.261 e. The third-order valence-corrected chi connectivity index (χ3v) is 7.85. The average molecular weight is 544 g/mol. The fraction of sp³-hybridized carbons (Fsp3) is 0.0952. The van der Waals surface area contributed by atoms with Crippen LogP contribution in [0.4, 0.5) is 11.4 Å². The number of amides is 1. The number of hydrogen-bond acceptors (Lipinski definition) is 6. The zero-order chi connectivity index (χ0) is 25.1. The molecular weight excluding hydrogens is 525 g/mol. The number of halogens is 2. The van der Waals surface area contributed by atoms with Gasteiger partial charge < -0.3 is 10.1 Å². The molecule has 1 amide bonds. The van der Waals surface area contributed by atoms with Gasteiger partial charge in [0.25, 0.3) is 26.0 Å². The minimum absolute atomic E-state index is 0.0428. The van der Waals surface area contributed by atoms with Crippen molar-refractivity contribution < 1.29 is 26.4 Å². The molecular formula is C21H19Cl2N3O6S2. The molecule has 180 valence electrons. The van der Waals surface area contributed by atoms with Crippen molar-refractivity contribution in [2.45, 2.75) is 9.79 Å². The van der Waals surface area contributed by atoms with Gasteiger partial charge in [-0.3, -0.25) is 14.2 Å². The summed E-state index contributed by atoms with van der Waals surface area (Å²) in [5, 5.41) is 2.89. The van der Waals surface area contributed by atoms with Crippen LogP contribution in [0.3, 0.4) is 0 Å². The molecule has 0 bridgehead atoms. The van der Waals surface area contributed by atoms with Crippen LogP contribution in [0.2, 0.25) is 10.0 Å². The van der Waals surface area contributed by atoms with Crippen molar-refractivity contribution in [3.63, 3.8) is 0 Å². The van der Waals surface area contributed by atoms with Gasteiger partial charge in [0.2, 0.25) is 0 Å². The van der Waals surface area contributed by atoms with Crippen LogP contribution >= 0.6 is 23.2 Å². The largest absolute Gasteiger partial charge is 0.496 e. The summed E-state index contributed by atoms with van der Waals surface area (Å²) in [6, 6.07) is 13.2. The standard InChI is InChI=1S/C21H19Cl2N3O6S2/c1-24-21(27)17-12-16(8-10-20(17)32-2)34(30,31)25-14-4-6-15(7-5-14)33(28,29)26-19-9-3-13(22)11-18(19)23/h3-12,25-26H,1-2H3,(H,24,27). The predicted molar refractivity (Wildman–Crippen MR) is 131 cm³/mol. The molecule has 0 spiro atoms. The van der Waals surface area contributed by atoms with Crippen LogP contribution in [0.25, 0.3) is 0 Å². The van der Waals surface area contributed by atoms with E-state index >= 15 is 0 Å². The molecule has 0 atom stereocenters. The highest BCUT2D eigenvalue weighted by molar-refractivity contribution is 7.93. The molecule has 3 aromatic carbocycles. The molecule has 0 unspecified atom stereocenters. The van der Waals surface area contributed by atoms with E-state index in [1.807, 2.05) is 0 Å². The van der Waals surface area contributed by atoms with Crippen molar-refractivity contribution in [2.75, 3.05) is 23.6 Å². The number of nitrogens with one attached hydrogen (secondary N) is 3. The van der Waals surface area contributed by atoms with Crippen molar-refractivity contribution in [1.82, 2.24) is 5.32 Å². The summed E-state index contributed by atoms with van der Waals surface area (Å²) in [5.41, 5.74) is 0.296. The van der Waals surface area contributed by atoms with E-state index in [2.05, 4.69) is 14.8 Å². The van der Waals surface area contributed by atoms with Crippen LogP contribution in [-0.4, -0.2) is 36.9 Å². The van der Waals surface area contributed by atoms with Gasteiger partial charge >= 0.3 is 0 Å². The van der Waals surface area contributed by atoms with Crippen LogP contribution < -0.4 is 19.5 Å². The van der Waals surface area contributed by atoms with Gasteiger partial charge in [0.05, 0.1) is 33.2 Å². The SMILES string of the molecule is CNC(=O)c1cc(S(=O)(=O)Nc2ccc(S(=O)(=O)Nc3ccc(Cl)cc3Cl)cc2)ccc1OC. The van der Waals surface area contributed by atoms with E-state index in [-0.39, 0.29) is 37.5 Å². The molecule has 0 fully saturated rings. The van der Waals surface area contributed by atoms with Gasteiger partial charge in [-0.2, -0.15) is 0 Å². The summed E-state index contributed by atoms with van der Waals surface area (Å²) in [7, 11) is -5.32. The molecule has 0 aromatic heterocycles. The summed E-state index contributed by atoms with van der Waals surface area (Å²) in [6.45, 7) is 0. The number of rotatable bonds is 8. The quantitative estimate of drug-likeness (QED) is 0.394. The topological polar surface area (TPSA) is 131 Å². The van der Waals surface area contributed by atoms with Gasteiger partial charge in [0.15, 0.2) is 0 Å². The number of ether oxygens (including phenoxy) is 1. The molecule has 3 N–H and O–H groups in total. The normalized spacial score (nSPS) is 11.5. The molecule has 34 heavy (non-hydrogen) atoms. The Kier molecular flexibility index (Phi) is 7.61. The molecule has 9 nitrogen and oxygen atoms in total. The molecule has 0 saturated heterocycles. The summed E-state index contributed by atoms with van der Waals surface area (Å²) < 4.78 is 60.7. The molecule has 0 aliphatic rings. The molecule has 0 heterocycles. The minimum Gasteiger partial charge on any atom is -0.496 e. The zero-order valence-corrected chi connectivity index (χ0v) is 20.9. The van der Waals surface area contributed by atoms with E-state index in [4.69, 9.17) is 27.9 Å². The summed E-state index contributed by atoms with van der Waals surface area (Å²) >= 11 is 11.8. The highest BCUT2D eigenvalue weighted by Crippen LogP contribution is 2.28. The first kappa shape index (κ1) is 25.6. The van der Waals surface area contributed by atoms with E-state index in [0.717, 1.165) is 0 Å². The summed E-state index contributed by atoms with van der Waals surface area (Å²) in [4.78, 5) is 11.8. The number of anilines is 2. The number of carbonyl (C=O) groups is 1. The first-order chi connectivity index (χ1) is 16.0. The maximum absolute atomic E-state index is 12.8. The van der Waals surface area contributed by atoms with Crippen molar-refractivity contribution in [1.29, 1.82) is 0 Å². The fourth-order valence-electron chi connectivity index (χ4n) is 2.86. The molecule has 3 rings (SSSR count). The number of sulfonamides is 2. The van der Waals surface area contributed by atoms with Gasteiger partial charge in [0, 0.05) is 17.8 Å². The number of carbonyl (C=O) groups excluding carboxylic acids is 1. The highest BCUT2D eigenvalue weighted by atomic mass is 35.5. The Morgan fingerprint density at radius 1 is 0.824 bits per heavy atom. The Hall–Kier alpha value is -2.99. The molecule has 3 aromatic rings. The van der Waals surface area contributed by atoms with Crippen LogP contribution in [0.5, 0.6) is 5.75 Å². The number of hydrogen-bond donors (Lipinski definition) is 3. The summed E-state index contributed by atoms with van der Waals surface area (Å²) in [6.07, 6.45) is 0. The van der Waals surface area contributed by atoms with Crippen molar-refractivity contribution >= 4 is 60.5 Å². The average Bonchev–Trinajstić information content (AvgIpc) is 2.80. The van der Waals surface area contributed by atoms with Crippen LogP contribution in [0.15, 0.2) is 70.5 Å². The third-order valence-electron chi connectivity index (χ3n) is 4.55. The molecule has 13 heteroatoms. The van der Waals surface area contributed by atoms with Crippen molar-refractivity contribution in [3.05, 3.63) is 76.3 Å². The van der Waals surface area contributed by atoms with Crippen LogP contribution in [0, 0.1) is 0 Å². The monoisotopic (exact) mass is 543 g/mol. The Bertz CT molecular complexity index is 1440. The number of benzene rings is 3. The highest BCUT2D eigenvalue weighted by Gasteiger charge is 2.21. The lowest BCUT2D eigenvalue weighted by Gasteiger charge is -2.13. The van der Waals surface area contributed by atoms with E-state index in [1.165, 1.54) is 74.8 Å². The summed E-state index contributed by atoms with van der Waals surface area (Å²) in [5.74, 6) is -0.307. The van der Waals surface area contributed by atoms with Gasteiger partial charge in [-0.05, 0) is 60.7 Å². The molecule has 0 radical (unpaired) electrons. The van der Waals surface area contributed by atoms with Crippen molar-refractivity contribution in [2.24, 2.45) is 0 Å². The smallest absolute Gasteiger partial charge is 0.261 e. The first-order valence-corrected chi connectivity index (χ1v) is 13.2. The second-order valence-corrected chi connectivity index (χ2v) is 11.0. The molecule has 0 aliphatic carbocycles. The second-order valence-electron chi connectivity index (χ2n) is 6.80. The maximum atomic E-state index is 12.8. The first-order valence-electron chi connectivity index (χ1n) is 9.48. The minimum atomic E-state index is -4.09. The predicted octanol–water partition coefficient (Wildman–Crippen LogP) is 3.96. The Balaban J connectivity index is 1.83. The van der Waals surface area contributed by atoms with Crippen LogP contribution in [0.1, 0.15) is 10.4 Å². The van der Waals surface area contributed by atoms with E-state index in [1.54, 1.807) is 0 Å². The van der Waals surface area contributed by atoms with Gasteiger partial charge in [-0.25, -0.2) is 16.8 Å². The lowest BCUT2D eigenvalue weighted by Crippen LogP contribution is -2.20. The Morgan fingerprint density at radius 3 is 2.03 bits per heavy atom. The third kappa shape index (κ3) is 5.73. The lowest BCUT2D eigenvalue weighted by molar-refractivity contribution is 0.0960. The van der Waals surface area contributed by atoms with Crippen molar-refractivity contribution in [3.8, 4) is 5.75 Å². The lowest BCUT2D eigenvalue weighted by atomic mass is 10.2. The van der Waals surface area contributed by atoms with Gasteiger partial charge in [0.1, 0.15) is 5.75 Å². The van der Waals surface area contributed by atoms with Crippen LogP contribution in [-0.2, 0) is 20.0 Å². The molecule has 0 saturated carbocycles. The Morgan fingerprint density at radius 2 is 1.44 bits per heavy atom. The van der Waals surface area contributed by atoms with E-state index in [0.29, 0.717) is 5.02 Å². The van der Waals surface area contributed by atoms with E-state index < -0.39 is 26.0 Å². The second kappa shape index (κ2) is 10.1. The zero-order valence-electron chi connectivity index (χ0n) is 17.8. The number of methoxy groups -OCH3 is 1. The molecule has 0 aliphatic heterocycles. The van der Waals surface area contributed by atoms with Gasteiger partial charge in [-0.1, -0.05) is 23.2 Å². The fourth-order valence-corrected chi connectivity index (χ4v) is 5.53. The van der Waals surface area contributed by atoms with Gasteiger partial charge in [-0.15, -0.1) is 0 Å². The van der Waals surface area contributed by atoms with E-state index in [9.17, 15) is 21.6 Å².